The maximum absolute atomic E-state index is 11.1. The highest BCUT2D eigenvalue weighted by atomic mass is 35.5. The van der Waals surface area contributed by atoms with Crippen LogP contribution < -0.4 is 5.32 Å². The molecule has 2 N–H and O–H groups in total. The second-order valence-corrected chi connectivity index (χ2v) is 6.05. The van der Waals surface area contributed by atoms with Crippen LogP contribution in [0.25, 0.3) is 22.0 Å². The van der Waals surface area contributed by atoms with Crippen molar-refractivity contribution < 1.29 is 9.90 Å². The SMILES string of the molecule is C=C(C#N)CNc1c(Cl)ccc2ccc(-c3cccc(C(=O)O)n3)cc12. The van der Waals surface area contributed by atoms with E-state index < -0.39 is 5.97 Å². The lowest BCUT2D eigenvalue weighted by Gasteiger charge is -2.13. The zero-order valence-electron chi connectivity index (χ0n) is 13.7. The Kier molecular flexibility index (Phi) is 4.87. The number of halogens is 1. The molecule has 0 unspecified atom stereocenters. The molecule has 0 radical (unpaired) electrons. The highest BCUT2D eigenvalue weighted by Gasteiger charge is 2.11. The minimum Gasteiger partial charge on any atom is -0.477 e. The van der Waals surface area contributed by atoms with Crippen molar-refractivity contribution in [2.24, 2.45) is 0 Å². The molecule has 1 aromatic heterocycles. The number of pyridine rings is 1. The monoisotopic (exact) mass is 363 g/mol. The predicted octanol–water partition coefficient (Wildman–Crippen LogP) is 4.75. The number of nitrogens with one attached hydrogen (secondary N) is 1. The molecule has 0 aliphatic heterocycles. The summed E-state index contributed by atoms with van der Waals surface area (Å²) in [6, 6.07) is 16.2. The number of carboxylic acids is 1. The third-order valence-electron chi connectivity index (χ3n) is 3.87. The molecular formula is C20H14ClN3O2. The number of hydrogen-bond acceptors (Lipinski definition) is 4. The molecule has 0 amide bonds. The first-order valence-electron chi connectivity index (χ1n) is 7.74. The summed E-state index contributed by atoms with van der Waals surface area (Å²) in [6.07, 6.45) is 0. The number of aromatic nitrogens is 1. The Balaban J connectivity index is 2.10. The molecule has 0 bridgehead atoms. The maximum Gasteiger partial charge on any atom is 0.354 e. The molecule has 5 nitrogen and oxygen atoms in total. The third kappa shape index (κ3) is 3.51. The van der Waals surface area contributed by atoms with Crippen molar-refractivity contribution in [1.82, 2.24) is 4.98 Å². The topological polar surface area (TPSA) is 86.0 Å². The molecule has 6 heteroatoms. The Bertz CT molecular complexity index is 1070. The number of hydrogen-bond donors (Lipinski definition) is 2. The van der Waals surface area contributed by atoms with Gasteiger partial charge in [-0.25, -0.2) is 9.78 Å². The fraction of sp³-hybridized carbons (Fsp3) is 0.0500. The number of nitrogens with zero attached hydrogens (tertiary/aromatic N) is 2. The Labute approximate surface area is 155 Å². The number of fused-ring (bicyclic) bond motifs is 1. The Hall–Kier alpha value is -3.36. The van der Waals surface area contributed by atoms with Gasteiger partial charge in [0.2, 0.25) is 0 Å². The largest absolute Gasteiger partial charge is 0.477 e. The predicted molar refractivity (Wildman–Crippen MR) is 102 cm³/mol. The van der Waals surface area contributed by atoms with Crippen LogP contribution in [0.4, 0.5) is 5.69 Å². The number of carboxylic acid groups (broad SMARTS) is 1. The van der Waals surface area contributed by atoms with Gasteiger partial charge in [0.1, 0.15) is 5.69 Å². The van der Waals surface area contributed by atoms with Crippen LogP contribution in [0.3, 0.4) is 0 Å². The normalized spacial score (nSPS) is 10.3. The molecule has 0 spiro atoms. The van der Waals surface area contributed by atoms with Crippen LogP contribution in [0.1, 0.15) is 10.5 Å². The molecule has 0 saturated carbocycles. The van der Waals surface area contributed by atoms with Crippen LogP contribution in [-0.4, -0.2) is 22.6 Å². The summed E-state index contributed by atoms with van der Waals surface area (Å²) in [5, 5.41) is 23.5. The molecule has 0 fully saturated rings. The van der Waals surface area contributed by atoms with Crippen molar-refractivity contribution >= 4 is 34.0 Å². The van der Waals surface area contributed by atoms with Gasteiger partial charge in [0.15, 0.2) is 0 Å². The first kappa shape index (κ1) is 17.5. The van der Waals surface area contributed by atoms with Crippen molar-refractivity contribution in [3.05, 3.63) is 71.4 Å². The zero-order chi connectivity index (χ0) is 18.7. The Morgan fingerprint density at radius 1 is 1.27 bits per heavy atom. The maximum atomic E-state index is 11.1. The van der Waals surface area contributed by atoms with Gasteiger partial charge in [-0.3, -0.25) is 0 Å². The van der Waals surface area contributed by atoms with E-state index in [1.54, 1.807) is 18.2 Å². The molecule has 3 rings (SSSR count). The van der Waals surface area contributed by atoms with Crippen molar-refractivity contribution in [2.75, 3.05) is 11.9 Å². The number of aromatic carboxylic acids is 1. The summed E-state index contributed by atoms with van der Waals surface area (Å²) >= 11 is 6.33. The highest BCUT2D eigenvalue weighted by Crippen LogP contribution is 2.34. The van der Waals surface area contributed by atoms with Crippen LogP contribution in [0.15, 0.2) is 60.7 Å². The summed E-state index contributed by atoms with van der Waals surface area (Å²) in [5.74, 6) is -1.08. The van der Waals surface area contributed by atoms with Crippen LogP contribution in [0.5, 0.6) is 0 Å². The fourth-order valence-corrected chi connectivity index (χ4v) is 2.81. The highest BCUT2D eigenvalue weighted by molar-refractivity contribution is 6.35. The van der Waals surface area contributed by atoms with E-state index in [4.69, 9.17) is 22.0 Å². The summed E-state index contributed by atoms with van der Waals surface area (Å²) in [5.41, 5.74) is 2.39. The quantitative estimate of drug-likeness (QED) is 0.639. The van der Waals surface area contributed by atoms with E-state index in [0.717, 1.165) is 16.3 Å². The summed E-state index contributed by atoms with van der Waals surface area (Å²) in [6.45, 7) is 3.94. The molecule has 128 valence electrons. The van der Waals surface area contributed by atoms with Gasteiger partial charge in [-0.05, 0) is 29.7 Å². The van der Waals surface area contributed by atoms with Gasteiger partial charge in [-0.1, -0.05) is 42.4 Å². The average molecular weight is 364 g/mol. The standard InChI is InChI=1S/C20H14ClN3O2/c1-12(10-22)11-23-19-15-9-14(6-5-13(15)7-8-16(19)21)17-3-2-4-18(24-17)20(25)26/h2-9,23H,1,11H2,(H,25,26). The minimum atomic E-state index is -1.08. The lowest BCUT2D eigenvalue weighted by Crippen LogP contribution is -2.04. The van der Waals surface area contributed by atoms with E-state index in [1.807, 2.05) is 30.3 Å². The van der Waals surface area contributed by atoms with Crippen molar-refractivity contribution in [3.8, 4) is 17.3 Å². The smallest absolute Gasteiger partial charge is 0.354 e. The molecule has 3 aromatic rings. The van der Waals surface area contributed by atoms with Gasteiger partial charge in [0.25, 0.3) is 0 Å². The van der Waals surface area contributed by atoms with Gasteiger partial charge < -0.3 is 10.4 Å². The van der Waals surface area contributed by atoms with E-state index in [9.17, 15) is 4.79 Å². The van der Waals surface area contributed by atoms with Gasteiger partial charge in [0, 0.05) is 23.1 Å². The first-order valence-corrected chi connectivity index (χ1v) is 8.12. The molecule has 0 saturated heterocycles. The first-order chi connectivity index (χ1) is 12.5. The summed E-state index contributed by atoms with van der Waals surface area (Å²) in [7, 11) is 0. The van der Waals surface area contributed by atoms with Crippen molar-refractivity contribution in [1.29, 1.82) is 5.26 Å². The summed E-state index contributed by atoms with van der Waals surface area (Å²) in [4.78, 5) is 15.3. The third-order valence-corrected chi connectivity index (χ3v) is 4.19. The van der Waals surface area contributed by atoms with E-state index in [-0.39, 0.29) is 12.2 Å². The lowest BCUT2D eigenvalue weighted by atomic mass is 10.0. The molecule has 1 heterocycles. The molecular weight excluding hydrogens is 350 g/mol. The van der Waals surface area contributed by atoms with E-state index in [2.05, 4.69) is 16.9 Å². The summed E-state index contributed by atoms with van der Waals surface area (Å²) < 4.78 is 0. The van der Waals surface area contributed by atoms with E-state index >= 15 is 0 Å². The molecule has 0 aliphatic carbocycles. The van der Waals surface area contributed by atoms with Crippen molar-refractivity contribution in [3.63, 3.8) is 0 Å². The van der Waals surface area contributed by atoms with Crippen LogP contribution >= 0.6 is 11.6 Å². The van der Waals surface area contributed by atoms with E-state index in [0.29, 0.717) is 22.0 Å². The number of nitriles is 1. The minimum absolute atomic E-state index is 0.0163. The number of benzene rings is 2. The number of rotatable bonds is 5. The number of carbonyl (C=O) groups is 1. The Morgan fingerprint density at radius 3 is 2.77 bits per heavy atom. The van der Waals surface area contributed by atoms with E-state index in [1.165, 1.54) is 6.07 Å². The molecule has 2 aromatic carbocycles. The second kappa shape index (κ2) is 7.26. The second-order valence-electron chi connectivity index (χ2n) is 5.64. The number of anilines is 1. The molecule has 0 atom stereocenters. The van der Waals surface area contributed by atoms with Crippen LogP contribution in [0, 0.1) is 11.3 Å². The van der Waals surface area contributed by atoms with Crippen molar-refractivity contribution in [2.45, 2.75) is 0 Å². The van der Waals surface area contributed by atoms with Gasteiger partial charge in [-0.2, -0.15) is 5.26 Å². The molecule has 0 aliphatic rings. The van der Waals surface area contributed by atoms with Gasteiger partial charge in [0.05, 0.1) is 22.5 Å². The lowest BCUT2D eigenvalue weighted by molar-refractivity contribution is 0.0690. The fourth-order valence-electron chi connectivity index (χ4n) is 2.58. The molecule has 26 heavy (non-hydrogen) atoms. The Morgan fingerprint density at radius 2 is 2.04 bits per heavy atom. The van der Waals surface area contributed by atoms with Crippen LogP contribution in [0.2, 0.25) is 5.02 Å². The van der Waals surface area contributed by atoms with Gasteiger partial charge in [-0.15, -0.1) is 0 Å². The average Bonchev–Trinajstić information content (AvgIpc) is 2.66. The van der Waals surface area contributed by atoms with Gasteiger partial charge >= 0.3 is 5.97 Å². The zero-order valence-corrected chi connectivity index (χ0v) is 14.4. The van der Waals surface area contributed by atoms with Crippen LogP contribution in [-0.2, 0) is 0 Å².